The Kier molecular flexibility index (Phi) is 11.9. The second-order valence-electron chi connectivity index (χ2n) is 9.61. The van der Waals surface area contributed by atoms with E-state index < -0.39 is 24.0 Å². The van der Waals surface area contributed by atoms with Crippen LogP contribution in [0.3, 0.4) is 0 Å². The van der Waals surface area contributed by atoms with Crippen molar-refractivity contribution in [2.75, 3.05) is 7.11 Å². The van der Waals surface area contributed by atoms with Crippen molar-refractivity contribution in [3.05, 3.63) is 123 Å². The van der Waals surface area contributed by atoms with E-state index in [0.717, 1.165) is 11.1 Å². The maximum Gasteiger partial charge on any atom is 0.262 e. The Balaban J connectivity index is 1.41. The average molecular weight is 655 g/mol. The van der Waals surface area contributed by atoms with Gasteiger partial charge in [0.05, 0.1) is 18.3 Å². The third-order valence-electron chi connectivity index (χ3n) is 6.40. The maximum atomic E-state index is 13.2. The smallest absolute Gasteiger partial charge is 0.262 e. The first-order valence-corrected chi connectivity index (χ1v) is 14.7. The SMILES string of the molecule is COc1cc(/C=N\NC(=O)[C@@H](Cc2ccccc2)NC(=O)[C@H](C)Oc2ccc(Cl)cc2Cl)ccc1OCc1ccccc1Cl. The quantitative estimate of drug-likeness (QED) is 0.121. The summed E-state index contributed by atoms with van der Waals surface area (Å²) in [4.78, 5) is 26.2. The van der Waals surface area contributed by atoms with Crippen LogP contribution in [0.25, 0.3) is 0 Å². The van der Waals surface area contributed by atoms with Gasteiger partial charge >= 0.3 is 0 Å². The molecule has 0 fully saturated rings. The highest BCUT2D eigenvalue weighted by Crippen LogP contribution is 2.30. The highest BCUT2D eigenvalue weighted by atomic mass is 35.5. The maximum absolute atomic E-state index is 13.2. The van der Waals surface area contributed by atoms with Crippen LogP contribution in [-0.2, 0) is 22.6 Å². The molecule has 11 heteroatoms. The minimum atomic E-state index is -0.950. The number of carbonyl (C=O) groups is 2. The molecule has 4 aromatic carbocycles. The summed E-state index contributed by atoms with van der Waals surface area (Å²) in [6.45, 7) is 1.83. The van der Waals surface area contributed by atoms with Crippen molar-refractivity contribution < 1.29 is 23.8 Å². The summed E-state index contributed by atoms with van der Waals surface area (Å²) in [6, 6.07) is 25.7. The highest BCUT2D eigenvalue weighted by molar-refractivity contribution is 6.35. The predicted octanol–water partition coefficient (Wildman–Crippen LogP) is 6.88. The molecule has 44 heavy (non-hydrogen) atoms. The van der Waals surface area contributed by atoms with E-state index in [-0.39, 0.29) is 18.1 Å². The first-order chi connectivity index (χ1) is 21.2. The van der Waals surface area contributed by atoms with Crippen molar-refractivity contribution in [3.8, 4) is 17.2 Å². The molecule has 0 aliphatic carbocycles. The van der Waals surface area contributed by atoms with Crippen molar-refractivity contribution >= 4 is 52.8 Å². The summed E-state index contributed by atoms with van der Waals surface area (Å²) in [7, 11) is 1.53. The average Bonchev–Trinajstić information content (AvgIpc) is 3.02. The number of hydrazone groups is 1. The van der Waals surface area contributed by atoms with Crippen LogP contribution in [0.4, 0.5) is 0 Å². The van der Waals surface area contributed by atoms with Gasteiger partial charge in [-0.2, -0.15) is 5.10 Å². The molecule has 2 atom stereocenters. The van der Waals surface area contributed by atoms with Crippen LogP contribution in [0.5, 0.6) is 17.2 Å². The number of nitrogens with zero attached hydrogens (tertiary/aromatic N) is 1. The van der Waals surface area contributed by atoms with Gasteiger partial charge in [0.2, 0.25) is 0 Å². The van der Waals surface area contributed by atoms with Gasteiger partial charge in [-0.15, -0.1) is 0 Å². The van der Waals surface area contributed by atoms with Gasteiger partial charge in [-0.3, -0.25) is 9.59 Å². The highest BCUT2D eigenvalue weighted by Gasteiger charge is 2.25. The molecule has 0 spiro atoms. The van der Waals surface area contributed by atoms with E-state index >= 15 is 0 Å². The summed E-state index contributed by atoms with van der Waals surface area (Å²) in [5.74, 6) is 0.282. The van der Waals surface area contributed by atoms with Gasteiger partial charge in [-0.05, 0) is 60.5 Å². The lowest BCUT2D eigenvalue weighted by Crippen LogP contribution is -2.50. The summed E-state index contributed by atoms with van der Waals surface area (Å²) in [5, 5.41) is 8.18. The summed E-state index contributed by atoms with van der Waals surface area (Å²) < 4.78 is 17.1. The van der Waals surface area contributed by atoms with Gasteiger partial charge in [0, 0.05) is 22.0 Å². The predicted molar refractivity (Wildman–Crippen MR) is 173 cm³/mol. The molecule has 228 valence electrons. The van der Waals surface area contributed by atoms with Crippen LogP contribution in [0.15, 0.2) is 96.1 Å². The van der Waals surface area contributed by atoms with Crippen LogP contribution in [0.1, 0.15) is 23.6 Å². The number of methoxy groups -OCH3 is 1. The first-order valence-electron chi connectivity index (χ1n) is 13.6. The van der Waals surface area contributed by atoms with E-state index in [2.05, 4.69) is 15.8 Å². The molecule has 0 saturated carbocycles. The van der Waals surface area contributed by atoms with Gasteiger partial charge < -0.3 is 19.5 Å². The lowest BCUT2D eigenvalue weighted by Gasteiger charge is -2.21. The van der Waals surface area contributed by atoms with Gasteiger partial charge in [0.15, 0.2) is 17.6 Å². The second kappa shape index (κ2) is 16.0. The molecule has 0 heterocycles. The molecule has 0 aromatic heterocycles. The summed E-state index contributed by atoms with van der Waals surface area (Å²) >= 11 is 18.4. The van der Waals surface area contributed by atoms with Crippen molar-refractivity contribution in [1.82, 2.24) is 10.7 Å². The molecule has 2 amide bonds. The minimum Gasteiger partial charge on any atom is -0.493 e. The molecule has 0 saturated heterocycles. The zero-order valence-corrected chi connectivity index (χ0v) is 26.2. The Morgan fingerprint density at radius 2 is 1.57 bits per heavy atom. The third-order valence-corrected chi connectivity index (χ3v) is 7.30. The topological polar surface area (TPSA) is 98.2 Å². The molecule has 0 bridgehead atoms. The number of nitrogens with one attached hydrogen (secondary N) is 2. The Bertz CT molecular complexity index is 1620. The second-order valence-corrected chi connectivity index (χ2v) is 10.9. The number of benzene rings is 4. The first kappa shape index (κ1) is 32.7. The van der Waals surface area contributed by atoms with E-state index in [1.54, 1.807) is 43.3 Å². The number of ether oxygens (including phenoxy) is 3. The molecule has 0 aliphatic heterocycles. The number of halogens is 3. The molecule has 0 aliphatic rings. The molecule has 2 N–H and O–H groups in total. The van der Waals surface area contributed by atoms with E-state index in [1.165, 1.54) is 19.4 Å². The van der Waals surface area contributed by atoms with Crippen molar-refractivity contribution in [3.63, 3.8) is 0 Å². The zero-order valence-electron chi connectivity index (χ0n) is 23.9. The number of hydrogen-bond acceptors (Lipinski definition) is 6. The van der Waals surface area contributed by atoms with Crippen molar-refractivity contribution in [2.45, 2.75) is 32.1 Å². The summed E-state index contributed by atoms with van der Waals surface area (Å²) in [6.07, 6.45) is 0.746. The Labute approximate surface area is 270 Å². The molecule has 4 rings (SSSR count). The van der Waals surface area contributed by atoms with Gasteiger partial charge in [-0.25, -0.2) is 5.43 Å². The van der Waals surface area contributed by atoms with Crippen LogP contribution in [-0.4, -0.2) is 37.3 Å². The van der Waals surface area contributed by atoms with Crippen LogP contribution >= 0.6 is 34.8 Å². The summed E-state index contributed by atoms with van der Waals surface area (Å²) in [5.41, 5.74) is 4.86. The lowest BCUT2D eigenvalue weighted by molar-refractivity contribution is -0.132. The fourth-order valence-corrected chi connectivity index (χ4v) is 4.71. The zero-order chi connectivity index (χ0) is 31.5. The van der Waals surface area contributed by atoms with Crippen molar-refractivity contribution in [1.29, 1.82) is 0 Å². The van der Waals surface area contributed by atoms with E-state index in [0.29, 0.717) is 32.9 Å². The van der Waals surface area contributed by atoms with E-state index in [4.69, 9.17) is 49.0 Å². The minimum absolute atomic E-state index is 0.230. The number of carbonyl (C=O) groups excluding carboxylic acids is 2. The molecular formula is C33H30Cl3N3O5. The third kappa shape index (κ3) is 9.38. The van der Waals surface area contributed by atoms with Gasteiger partial charge in [-0.1, -0.05) is 83.3 Å². The largest absolute Gasteiger partial charge is 0.493 e. The van der Waals surface area contributed by atoms with E-state index in [9.17, 15) is 9.59 Å². The Morgan fingerprint density at radius 1 is 0.841 bits per heavy atom. The molecule has 0 unspecified atom stereocenters. The van der Waals surface area contributed by atoms with E-state index in [1.807, 2.05) is 48.5 Å². The van der Waals surface area contributed by atoms with Gasteiger partial charge in [0.1, 0.15) is 18.4 Å². The molecular weight excluding hydrogens is 625 g/mol. The van der Waals surface area contributed by atoms with Crippen LogP contribution in [0, 0.1) is 0 Å². The molecule has 4 aromatic rings. The fraction of sp³-hybridized carbons (Fsp3) is 0.182. The molecule has 8 nitrogen and oxygen atoms in total. The van der Waals surface area contributed by atoms with Gasteiger partial charge in [0.25, 0.3) is 11.8 Å². The number of hydrogen-bond donors (Lipinski definition) is 2. The molecule has 0 radical (unpaired) electrons. The normalized spacial score (nSPS) is 12.3. The lowest BCUT2D eigenvalue weighted by atomic mass is 10.1. The standard InChI is InChI=1S/C33H30Cl3N3O5/c1-21(44-29-15-13-25(34)18-27(29)36)32(40)38-28(16-22-8-4-3-5-9-22)33(41)39-37-19-23-12-14-30(31(17-23)42-2)43-20-24-10-6-7-11-26(24)35/h3-15,17-19,21,28H,16,20H2,1-2H3,(H,38,40)(H,39,41)/b37-19-/t21-,28+/m0/s1. The number of amides is 2. The number of rotatable bonds is 13. The Hall–Kier alpha value is -4.24. The van der Waals surface area contributed by atoms with Crippen LogP contribution < -0.4 is 25.0 Å². The van der Waals surface area contributed by atoms with Crippen molar-refractivity contribution in [2.24, 2.45) is 5.10 Å². The Morgan fingerprint density at radius 3 is 2.30 bits per heavy atom. The monoisotopic (exact) mass is 653 g/mol. The van der Waals surface area contributed by atoms with Crippen LogP contribution in [0.2, 0.25) is 15.1 Å². The fourth-order valence-electron chi connectivity index (χ4n) is 4.07.